The van der Waals surface area contributed by atoms with Gasteiger partial charge in [0.1, 0.15) is 11.7 Å². The van der Waals surface area contributed by atoms with E-state index in [4.69, 9.17) is 9.47 Å². The minimum atomic E-state index is -0.441. The summed E-state index contributed by atoms with van der Waals surface area (Å²) < 4.78 is 25.3. The number of rotatable bonds is 3. The van der Waals surface area contributed by atoms with Crippen molar-refractivity contribution in [3.8, 4) is 5.88 Å². The summed E-state index contributed by atoms with van der Waals surface area (Å²) in [5.41, 5.74) is -0.312. The second kappa shape index (κ2) is 5.74. The van der Waals surface area contributed by atoms with Gasteiger partial charge >= 0.3 is 0 Å². The van der Waals surface area contributed by atoms with Crippen LogP contribution in [0.5, 0.6) is 5.88 Å². The molecule has 1 amide bonds. The van der Waals surface area contributed by atoms with Gasteiger partial charge in [0.25, 0.3) is 5.88 Å². The lowest BCUT2D eigenvalue weighted by Crippen LogP contribution is -2.68. The molecule has 4 rings (SSSR count). The zero-order chi connectivity index (χ0) is 15.9. The molecule has 1 atom stereocenters. The zero-order valence-electron chi connectivity index (χ0n) is 13.0. The van der Waals surface area contributed by atoms with Gasteiger partial charge in [0.15, 0.2) is 5.82 Å². The first-order valence-corrected chi connectivity index (χ1v) is 8.35. The number of pyridine rings is 1. The Hall–Kier alpha value is -1.69. The van der Waals surface area contributed by atoms with E-state index in [2.05, 4.69) is 4.98 Å². The van der Waals surface area contributed by atoms with Gasteiger partial charge in [0, 0.05) is 25.0 Å². The van der Waals surface area contributed by atoms with Gasteiger partial charge < -0.3 is 14.4 Å². The fourth-order valence-corrected chi connectivity index (χ4v) is 3.64. The Morgan fingerprint density at radius 3 is 2.91 bits per heavy atom. The van der Waals surface area contributed by atoms with E-state index in [1.807, 2.05) is 4.90 Å². The Kier molecular flexibility index (Phi) is 3.71. The summed E-state index contributed by atoms with van der Waals surface area (Å²) in [6, 6.07) is 2.89. The number of halogens is 1. The third-order valence-corrected chi connectivity index (χ3v) is 5.17. The van der Waals surface area contributed by atoms with E-state index in [0.29, 0.717) is 32.5 Å². The zero-order valence-corrected chi connectivity index (χ0v) is 13.0. The highest BCUT2D eigenvalue weighted by atomic mass is 19.1. The molecule has 1 aromatic heterocycles. The number of hydrogen-bond donors (Lipinski definition) is 0. The largest absolute Gasteiger partial charge is 0.472 e. The lowest BCUT2D eigenvalue weighted by Gasteiger charge is -2.54. The quantitative estimate of drug-likeness (QED) is 0.856. The second-order valence-corrected chi connectivity index (χ2v) is 6.88. The van der Waals surface area contributed by atoms with Gasteiger partial charge in [-0.1, -0.05) is 6.42 Å². The van der Waals surface area contributed by atoms with Gasteiger partial charge in [-0.2, -0.15) is 0 Å². The van der Waals surface area contributed by atoms with E-state index < -0.39 is 5.82 Å². The Balaban J connectivity index is 1.35. The first kappa shape index (κ1) is 14.9. The molecule has 3 fully saturated rings. The van der Waals surface area contributed by atoms with Crippen LogP contribution in [0, 0.1) is 11.7 Å². The monoisotopic (exact) mass is 320 g/mol. The molecule has 6 heteroatoms. The van der Waals surface area contributed by atoms with Crippen LogP contribution in [0.2, 0.25) is 0 Å². The third-order valence-electron chi connectivity index (χ3n) is 5.17. The fourth-order valence-electron chi connectivity index (χ4n) is 3.64. The smallest absolute Gasteiger partial charge is 0.250 e. The number of hydrogen-bond acceptors (Lipinski definition) is 4. The number of likely N-dealkylation sites (tertiary alicyclic amines) is 1. The number of ether oxygens (including phenoxy) is 2. The summed E-state index contributed by atoms with van der Waals surface area (Å²) in [5, 5.41) is 0. The van der Waals surface area contributed by atoms with E-state index in [-0.39, 0.29) is 29.4 Å². The van der Waals surface area contributed by atoms with Crippen molar-refractivity contribution in [2.75, 3.05) is 19.7 Å². The first-order valence-electron chi connectivity index (χ1n) is 8.35. The Morgan fingerprint density at radius 2 is 2.22 bits per heavy atom. The Morgan fingerprint density at radius 1 is 1.39 bits per heavy atom. The molecule has 1 saturated carbocycles. The minimum Gasteiger partial charge on any atom is -0.472 e. The van der Waals surface area contributed by atoms with E-state index in [1.54, 1.807) is 6.07 Å². The molecule has 0 aromatic carbocycles. The van der Waals surface area contributed by atoms with Crippen molar-refractivity contribution in [3.05, 3.63) is 24.1 Å². The van der Waals surface area contributed by atoms with Crippen molar-refractivity contribution in [2.45, 2.75) is 43.8 Å². The van der Waals surface area contributed by atoms with Crippen molar-refractivity contribution in [1.29, 1.82) is 0 Å². The molecular formula is C17H21FN2O3. The molecule has 0 N–H and O–H groups in total. The highest BCUT2D eigenvalue weighted by Gasteiger charge is 2.51. The summed E-state index contributed by atoms with van der Waals surface area (Å²) in [6.45, 7) is 1.84. The summed E-state index contributed by atoms with van der Waals surface area (Å²) in [4.78, 5) is 18.1. The second-order valence-electron chi connectivity index (χ2n) is 6.88. The number of carbonyl (C=O) groups excluding carboxylic acids is 1. The molecule has 0 bridgehead atoms. The lowest BCUT2D eigenvalue weighted by molar-refractivity contribution is -0.197. The minimum absolute atomic E-state index is 0.0521. The van der Waals surface area contributed by atoms with Crippen LogP contribution >= 0.6 is 0 Å². The summed E-state index contributed by atoms with van der Waals surface area (Å²) in [7, 11) is 0. The predicted molar refractivity (Wildman–Crippen MR) is 80.4 cm³/mol. The predicted octanol–water partition coefficient (Wildman–Crippen LogP) is 2.16. The molecule has 1 aromatic rings. The van der Waals surface area contributed by atoms with Crippen LogP contribution < -0.4 is 4.74 Å². The van der Waals surface area contributed by atoms with E-state index in [9.17, 15) is 9.18 Å². The van der Waals surface area contributed by atoms with Crippen molar-refractivity contribution in [3.63, 3.8) is 0 Å². The molecule has 0 unspecified atom stereocenters. The number of amides is 1. The van der Waals surface area contributed by atoms with E-state index in [0.717, 1.165) is 19.3 Å². The topological polar surface area (TPSA) is 51.7 Å². The lowest BCUT2D eigenvalue weighted by atomic mass is 9.80. The highest BCUT2D eigenvalue weighted by molar-refractivity contribution is 5.80. The fraction of sp³-hybridized carbons (Fsp3) is 0.647. The molecule has 1 aliphatic carbocycles. The molecule has 5 nitrogen and oxygen atoms in total. The van der Waals surface area contributed by atoms with Crippen LogP contribution in [-0.4, -0.2) is 47.2 Å². The van der Waals surface area contributed by atoms with Crippen LogP contribution in [0.3, 0.4) is 0 Å². The molecule has 3 heterocycles. The summed E-state index contributed by atoms with van der Waals surface area (Å²) >= 11 is 0. The molecule has 3 aliphatic rings. The molecule has 124 valence electrons. The average molecular weight is 320 g/mol. The van der Waals surface area contributed by atoms with Crippen LogP contribution in [-0.2, 0) is 9.53 Å². The van der Waals surface area contributed by atoms with Crippen molar-refractivity contribution in [1.82, 2.24) is 9.88 Å². The van der Waals surface area contributed by atoms with Gasteiger partial charge in [-0.25, -0.2) is 9.37 Å². The van der Waals surface area contributed by atoms with Crippen molar-refractivity contribution >= 4 is 5.91 Å². The molecule has 2 aliphatic heterocycles. The molecule has 23 heavy (non-hydrogen) atoms. The van der Waals surface area contributed by atoms with Gasteiger partial charge in [0.2, 0.25) is 5.91 Å². The van der Waals surface area contributed by atoms with Gasteiger partial charge in [-0.05, 0) is 25.0 Å². The van der Waals surface area contributed by atoms with Crippen LogP contribution in [0.25, 0.3) is 0 Å². The molecule has 2 saturated heterocycles. The maximum atomic E-state index is 13.7. The van der Waals surface area contributed by atoms with Crippen molar-refractivity contribution in [2.24, 2.45) is 5.92 Å². The highest BCUT2D eigenvalue weighted by Crippen LogP contribution is 2.38. The molecular weight excluding hydrogens is 299 g/mol. The maximum absolute atomic E-state index is 13.7. The van der Waals surface area contributed by atoms with Gasteiger partial charge in [0.05, 0.1) is 19.7 Å². The molecule has 1 spiro atoms. The number of aromatic nitrogens is 1. The van der Waals surface area contributed by atoms with Gasteiger partial charge in [-0.3, -0.25) is 4.79 Å². The normalized spacial score (nSPS) is 26.5. The third kappa shape index (κ3) is 2.80. The van der Waals surface area contributed by atoms with Crippen LogP contribution in [0.15, 0.2) is 18.3 Å². The van der Waals surface area contributed by atoms with Crippen molar-refractivity contribution < 1.29 is 18.7 Å². The van der Waals surface area contributed by atoms with Crippen LogP contribution in [0.1, 0.15) is 32.1 Å². The van der Waals surface area contributed by atoms with E-state index in [1.165, 1.54) is 12.3 Å². The Labute approximate surface area is 134 Å². The number of nitrogens with zero attached hydrogens (tertiary/aromatic N) is 2. The van der Waals surface area contributed by atoms with Gasteiger partial charge in [-0.15, -0.1) is 0 Å². The maximum Gasteiger partial charge on any atom is 0.250 e. The number of carbonyl (C=O) groups is 1. The summed E-state index contributed by atoms with van der Waals surface area (Å²) in [5.74, 6) is 0.106. The Bertz CT molecular complexity index is 599. The van der Waals surface area contributed by atoms with E-state index >= 15 is 0 Å². The summed E-state index contributed by atoms with van der Waals surface area (Å²) in [6.07, 6.45) is 6.01. The molecule has 0 radical (unpaired) electrons. The standard InChI is InChI=1S/C17H21FN2O3/c18-14-5-2-7-19-15(14)23-13-6-8-22-17(9-13)10-20(11-17)16(21)12-3-1-4-12/h2,5,7,12-13H,1,3-4,6,8-11H2/t13-/m0/s1. The SMILES string of the molecule is O=C(C1CCC1)N1CC2(C[C@@H](Oc3ncccc3F)CCO2)C1. The average Bonchev–Trinajstić information content (AvgIpc) is 2.45. The van der Waals surface area contributed by atoms with Crippen LogP contribution in [0.4, 0.5) is 4.39 Å². The first-order chi connectivity index (χ1) is 11.2.